The summed E-state index contributed by atoms with van der Waals surface area (Å²) < 4.78 is 0. The summed E-state index contributed by atoms with van der Waals surface area (Å²) in [6.45, 7) is 2.80. The third-order valence-corrected chi connectivity index (χ3v) is 0.990. The summed E-state index contributed by atoms with van der Waals surface area (Å²) in [6.07, 6.45) is 1.97. The molecule has 0 bridgehead atoms. The van der Waals surface area contributed by atoms with Crippen molar-refractivity contribution in [1.82, 2.24) is 0 Å². The van der Waals surface area contributed by atoms with Gasteiger partial charge in [0, 0.05) is 6.54 Å². The summed E-state index contributed by atoms with van der Waals surface area (Å²) in [4.78, 5) is 0. The van der Waals surface area contributed by atoms with Gasteiger partial charge < -0.3 is 5.73 Å². The molecule has 0 aliphatic heterocycles. The van der Waals surface area contributed by atoms with Crippen molar-refractivity contribution in [2.75, 3.05) is 6.54 Å². The lowest BCUT2D eigenvalue weighted by Gasteiger charge is -1.72. The molecule has 0 saturated heterocycles. The lowest BCUT2D eigenvalue weighted by Crippen LogP contribution is -1.92. The standard InChI is InChI=1S/C4H9NSi/c1-6-4-2-3-5/h2,4H,3,5H2,1H3. The molecule has 0 aliphatic carbocycles. The van der Waals surface area contributed by atoms with Gasteiger partial charge in [-0.15, -0.1) is 5.70 Å². The quantitative estimate of drug-likeness (QED) is 0.492. The number of rotatable bonds is 2. The van der Waals surface area contributed by atoms with E-state index in [9.17, 15) is 0 Å². The van der Waals surface area contributed by atoms with E-state index < -0.39 is 0 Å². The van der Waals surface area contributed by atoms with Crippen molar-refractivity contribution in [2.24, 2.45) is 5.73 Å². The van der Waals surface area contributed by atoms with Gasteiger partial charge in [-0.05, 0) is 0 Å². The first-order chi connectivity index (χ1) is 2.91. The minimum Gasteiger partial charge on any atom is -0.327 e. The van der Waals surface area contributed by atoms with E-state index in [1.54, 1.807) is 0 Å². The molecule has 0 aromatic heterocycles. The van der Waals surface area contributed by atoms with Crippen molar-refractivity contribution in [1.29, 1.82) is 0 Å². The van der Waals surface area contributed by atoms with Gasteiger partial charge in [0.2, 0.25) is 0 Å². The van der Waals surface area contributed by atoms with Crippen LogP contribution in [-0.2, 0) is 0 Å². The van der Waals surface area contributed by atoms with Gasteiger partial charge in [0.25, 0.3) is 0 Å². The van der Waals surface area contributed by atoms with Crippen LogP contribution in [0, 0.1) is 0 Å². The van der Waals surface area contributed by atoms with Crippen molar-refractivity contribution in [3.8, 4) is 0 Å². The molecule has 2 radical (unpaired) electrons. The molecule has 0 rings (SSSR count). The van der Waals surface area contributed by atoms with Crippen LogP contribution in [0.3, 0.4) is 0 Å². The van der Waals surface area contributed by atoms with Gasteiger partial charge in [0.1, 0.15) is 0 Å². The Labute approximate surface area is 41.1 Å². The zero-order valence-corrected chi connectivity index (χ0v) is 4.94. The highest BCUT2D eigenvalue weighted by molar-refractivity contribution is 6.40. The van der Waals surface area contributed by atoms with E-state index in [-0.39, 0.29) is 0 Å². The SMILES string of the molecule is C[Si]C=CCN. The Morgan fingerprint density at radius 1 is 1.83 bits per heavy atom. The van der Waals surface area contributed by atoms with E-state index >= 15 is 0 Å². The maximum absolute atomic E-state index is 5.13. The molecule has 0 spiro atoms. The second-order valence-electron chi connectivity index (χ2n) is 0.927. The second kappa shape index (κ2) is 4.92. The van der Waals surface area contributed by atoms with Crippen LogP contribution < -0.4 is 5.73 Å². The van der Waals surface area contributed by atoms with E-state index in [2.05, 4.69) is 12.2 Å². The van der Waals surface area contributed by atoms with Crippen LogP contribution in [0.25, 0.3) is 0 Å². The van der Waals surface area contributed by atoms with E-state index in [1.165, 1.54) is 0 Å². The first kappa shape index (κ1) is 5.92. The Morgan fingerprint density at radius 3 is 2.67 bits per heavy atom. The molecular weight excluding hydrogens is 90.1 g/mol. The molecule has 6 heavy (non-hydrogen) atoms. The third-order valence-electron chi connectivity index (χ3n) is 0.421. The molecule has 0 amide bonds. The number of nitrogens with two attached hydrogens (primary N) is 1. The minimum absolute atomic E-state index is 0.681. The average Bonchev–Trinajstić information content (AvgIpc) is 1.61. The molecule has 0 unspecified atom stereocenters. The molecule has 0 atom stereocenters. The zero-order valence-electron chi connectivity index (χ0n) is 3.94. The van der Waals surface area contributed by atoms with Crippen molar-refractivity contribution in [2.45, 2.75) is 6.55 Å². The van der Waals surface area contributed by atoms with Crippen LogP contribution in [0.15, 0.2) is 11.8 Å². The summed E-state index contributed by atoms with van der Waals surface area (Å²) in [7, 11) is 0.904. The summed E-state index contributed by atoms with van der Waals surface area (Å²) in [5.41, 5.74) is 7.22. The monoisotopic (exact) mass is 99.1 g/mol. The van der Waals surface area contributed by atoms with E-state index in [1.807, 2.05) is 6.08 Å². The van der Waals surface area contributed by atoms with Gasteiger partial charge in [0.15, 0.2) is 0 Å². The molecule has 2 N–H and O–H groups in total. The fourth-order valence-corrected chi connectivity index (χ4v) is 0.558. The van der Waals surface area contributed by atoms with Gasteiger partial charge >= 0.3 is 0 Å². The summed E-state index contributed by atoms with van der Waals surface area (Å²) in [6, 6.07) is 0. The Kier molecular flexibility index (Phi) is 4.85. The normalized spacial score (nSPS) is 10.3. The van der Waals surface area contributed by atoms with Gasteiger partial charge in [-0.3, -0.25) is 0 Å². The topological polar surface area (TPSA) is 26.0 Å². The van der Waals surface area contributed by atoms with Crippen LogP contribution in [0.4, 0.5) is 0 Å². The third kappa shape index (κ3) is 3.92. The minimum atomic E-state index is 0.681. The van der Waals surface area contributed by atoms with Gasteiger partial charge in [-0.1, -0.05) is 12.6 Å². The summed E-state index contributed by atoms with van der Waals surface area (Å²) in [5.74, 6) is 0. The summed E-state index contributed by atoms with van der Waals surface area (Å²) in [5, 5.41) is 0. The Hall–Kier alpha value is -0.0831. The van der Waals surface area contributed by atoms with Crippen molar-refractivity contribution in [3.63, 3.8) is 0 Å². The molecule has 0 fully saturated rings. The Morgan fingerprint density at radius 2 is 2.50 bits per heavy atom. The van der Waals surface area contributed by atoms with Gasteiger partial charge in [-0.2, -0.15) is 0 Å². The molecule has 1 nitrogen and oxygen atoms in total. The van der Waals surface area contributed by atoms with Crippen molar-refractivity contribution in [3.05, 3.63) is 11.8 Å². The predicted molar refractivity (Wildman–Crippen MR) is 29.8 cm³/mol. The van der Waals surface area contributed by atoms with Crippen molar-refractivity contribution >= 4 is 9.52 Å². The zero-order chi connectivity index (χ0) is 4.83. The Bertz CT molecular complexity index is 36.8. The number of hydrogen-bond donors (Lipinski definition) is 1. The summed E-state index contributed by atoms with van der Waals surface area (Å²) >= 11 is 0. The molecule has 0 aliphatic rings. The first-order valence-corrected chi connectivity index (χ1v) is 3.52. The second-order valence-corrected chi connectivity index (χ2v) is 1.84. The fourth-order valence-electron chi connectivity index (χ4n) is 0.186. The van der Waals surface area contributed by atoms with Gasteiger partial charge in [0.05, 0.1) is 9.52 Å². The lowest BCUT2D eigenvalue weighted by atomic mass is 10.7. The molecule has 2 heteroatoms. The van der Waals surface area contributed by atoms with E-state index in [0.717, 1.165) is 9.52 Å². The van der Waals surface area contributed by atoms with Crippen LogP contribution in [0.1, 0.15) is 0 Å². The van der Waals surface area contributed by atoms with Crippen LogP contribution in [-0.4, -0.2) is 16.1 Å². The molecule has 0 aromatic carbocycles. The molecule has 34 valence electrons. The van der Waals surface area contributed by atoms with Crippen LogP contribution in [0.5, 0.6) is 0 Å². The van der Waals surface area contributed by atoms with Gasteiger partial charge in [-0.25, -0.2) is 0 Å². The van der Waals surface area contributed by atoms with E-state index in [4.69, 9.17) is 5.73 Å². The molecule has 0 saturated carbocycles. The highest BCUT2D eigenvalue weighted by Gasteiger charge is 1.61. The fraction of sp³-hybridized carbons (Fsp3) is 0.500. The van der Waals surface area contributed by atoms with Crippen LogP contribution >= 0.6 is 0 Å². The average molecular weight is 99.2 g/mol. The molecule has 0 aromatic rings. The smallest absolute Gasteiger partial charge is 0.0664 e. The lowest BCUT2D eigenvalue weighted by molar-refractivity contribution is 1.26. The largest absolute Gasteiger partial charge is 0.327 e. The molecule has 0 heterocycles. The van der Waals surface area contributed by atoms with E-state index in [0.29, 0.717) is 6.54 Å². The first-order valence-electron chi connectivity index (χ1n) is 1.94. The maximum Gasteiger partial charge on any atom is 0.0664 e. The highest BCUT2D eigenvalue weighted by atomic mass is 28.2. The highest BCUT2D eigenvalue weighted by Crippen LogP contribution is 1.61. The van der Waals surface area contributed by atoms with Crippen molar-refractivity contribution < 1.29 is 0 Å². The maximum atomic E-state index is 5.13. The predicted octanol–water partition coefficient (Wildman–Crippen LogP) is 0.211. The van der Waals surface area contributed by atoms with Crippen LogP contribution in [0.2, 0.25) is 6.55 Å². The number of hydrogen-bond acceptors (Lipinski definition) is 1. The Balaban J connectivity index is 2.73. The molecular formula is C4H9NSi.